The zero-order chi connectivity index (χ0) is 22.8. The molecule has 1 N–H and O–H groups in total. The minimum Gasteiger partial charge on any atom is -0.273 e. The first kappa shape index (κ1) is 22.3. The van der Waals surface area contributed by atoms with Gasteiger partial charge in [0.25, 0.3) is 11.8 Å². The molecular weight excluding hydrogens is 515 g/mol. The van der Waals surface area contributed by atoms with Crippen LogP contribution in [-0.2, 0) is 16.0 Å². The maximum atomic E-state index is 13.2. The van der Waals surface area contributed by atoms with Gasteiger partial charge in [-0.1, -0.05) is 75.5 Å². The number of carbonyl (C=O) groups excluding carboxylic acids is 3. The Morgan fingerprint density at radius 1 is 0.875 bits per heavy atom. The highest BCUT2D eigenvalue weighted by Crippen LogP contribution is 2.30. The molecule has 0 aromatic heterocycles. The molecule has 32 heavy (non-hydrogen) atoms. The van der Waals surface area contributed by atoms with Crippen LogP contribution in [0, 0.1) is 0 Å². The summed E-state index contributed by atoms with van der Waals surface area (Å²) in [6.45, 7) is 0. The summed E-state index contributed by atoms with van der Waals surface area (Å²) in [5.74, 6) is -1.53. The fourth-order valence-corrected chi connectivity index (χ4v) is 4.17. The zero-order valence-electron chi connectivity index (χ0n) is 16.4. The Labute approximate surface area is 202 Å². The number of halogens is 3. The number of imide groups is 2. The van der Waals surface area contributed by atoms with E-state index in [1.165, 1.54) is 12.1 Å². The van der Waals surface area contributed by atoms with Crippen LogP contribution < -0.4 is 10.2 Å². The van der Waals surface area contributed by atoms with Crippen LogP contribution >= 0.6 is 39.1 Å². The number of hydrogen-bond donors (Lipinski definition) is 1. The predicted octanol–water partition coefficient (Wildman–Crippen LogP) is 6.01. The number of para-hydroxylation sites is 1. The fraction of sp³-hybridized carbons (Fsp3) is 0.0417. The second-order valence-corrected chi connectivity index (χ2v) is 8.75. The van der Waals surface area contributed by atoms with Gasteiger partial charge >= 0.3 is 6.03 Å². The maximum Gasteiger partial charge on any atom is 0.335 e. The van der Waals surface area contributed by atoms with Crippen molar-refractivity contribution in [3.05, 3.63) is 104 Å². The number of urea groups is 1. The van der Waals surface area contributed by atoms with E-state index in [9.17, 15) is 14.4 Å². The molecule has 4 rings (SSSR count). The van der Waals surface area contributed by atoms with Crippen molar-refractivity contribution in [3.8, 4) is 0 Å². The first-order valence-corrected chi connectivity index (χ1v) is 11.1. The molecule has 1 fully saturated rings. The van der Waals surface area contributed by atoms with E-state index in [1.54, 1.807) is 30.3 Å². The second kappa shape index (κ2) is 9.28. The molecule has 0 radical (unpaired) electrons. The molecule has 3 aromatic carbocycles. The Morgan fingerprint density at radius 3 is 2.28 bits per heavy atom. The monoisotopic (exact) mass is 528 g/mol. The van der Waals surface area contributed by atoms with E-state index in [1.807, 2.05) is 30.3 Å². The van der Waals surface area contributed by atoms with Gasteiger partial charge in [-0.25, -0.2) is 9.69 Å². The van der Waals surface area contributed by atoms with Gasteiger partial charge in [-0.15, -0.1) is 0 Å². The van der Waals surface area contributed by atoms with Gasteiger partial charge in [0.2, 0.25) is 0 Å². The summed E-state index contributed by atoms with van der Waals surface area (Å²) in [6, 6.07) is 18.6. The molecule has 0 spiro atoms. The van der Waals surface area contributed by atoms with Crippen LogP contribution in [0.15, 0.2) is 76.8 Å². The van der Waals surface area contributed by atoms with Crippen LogP contribution in [0.4, 0.5) is 10.5 Å². The molecule has 8 heteroatoms. The van der Waals surface area contributed by atoms with Crippen LogP contribution in [0.2, 0.25) is 10.0 Å². The summed E-state index contributed by atoms with van der Waals surface area (Å²) in [5.41, 5.74) is 2.42. The summed E-state index contributed by atoms with van der Waals surface area (Å²) >= 11 is 15.9. The molecule has 1 aliphatic rings. The van der Waals surface area contributed by atoms with Crippen molar-refractivity contribution in [2.75, 3.05) is 4.90 Å². The van der Waals surface area contributed by atoms with Crippen LogP contribution in [0.3, 0.4) is 0 Å². The lowest BCUT2D eigenvalue weighted by molar-refractivity contribution is -0.122. The van der Waals surface area contributed by atoms with Gasteiger partial charge in [0.15, 0.2) is 0 Å². The molecule has 5 nitrogen and oxygen atoms in total. The molecule has 1 heterocycles. The second-order valence-electron chi connectivity index (χ2n) is 7.02. The molecule has 0 saturated carbocycles. The minimum atomic E-state index is -0.851. The molecule has 0 atom stereocenters. The third kappa shape index (κ3) is 4.48. The third-order valence-corrected chi connectivity index (χ3v) is 6.12. The average Bonchev–Trinajstić information content (AvgIpc) is 2.75. The van der Waals surface area contributed by atoms with E-state index >= 15 is 0 Å². The molecular formula is C24H15BrCl2N2O3. The van der Waals surface area contributed by atoms with Gasteiger partial charge in [-0.3, -0.25) is 14.9 Å². The number of barbiturate groups is 1. The minimum absolute atomic E-state index is 0.178. The number of amides is 4. The summed E-state index contributed by atoms with van der Waals surface area (Å²) in [6.07, 6.45) is 1.97. The number of benzene rings is 3. The number of hydrogen-bond acceptors (Lipinski definition) is 3. The van der Waals surface area contributed by atoms with Crippen molar-refractivity contribution < 1.29 is 14.4 Å². The summed E-state index contributed by atoms with van der Waals surface area (Å²) < 4.78 is 0.773. The summed E-state index contributed by atoms with van der Waals surface area (Å²) in [5, 5.41) is 3.05. The molecule has 160 valence electrons. The average molecular weight is 530 g/mol. The SMILES string of the molecule is O=C1NC(=O)N(c2ccccc2Cl)C(=O)/C1=C/c1cc(Br)ccc1Cc1ccccc1Cl. The van der Waals surface area contributed by atoms with Gasteiger partial charge in [0, 0.05) is 9.50 Å². The quantitative estimate of drug-likeness (QED) is 0.332. The first-order valence-electron chi connectivity index (χ1n) is 9.53. The Balaban J connectivity index is 1.77. The number of anilines is 1. The lowest BCUT2D eigenvalue weighted by Crippen LogP contribution is -2.54. The number of rotatable bonds is 4. The van der Waals surface area contributed by atoms with Crippen molar-refractivity contribution >= 4 is 68.7 Å². The lowest BCUT2D eigenvalue weighted by Gasteiger charge is -2.27. The molecule has 1 saturated heterocycles. The molecule has 3 aromatic rings. The zero-order valence-corrected chi connectivity index (χ0v) is 19.5. The highest BCUT2D eigenvalue weighted by molar-refractivity contribution is 9.10. The van der Waals surface area contributed by atoms with E-state index in [-0.39, 0.29) is 16.3 Å². The normalized spacial score (nSPS) is 15.3. The van der Waals surface area contributed by atoms with E-state index in [4.69, 9.17) is 23.2 Å². The smallest absolute Gasteiger partial charge is 0.273 e. The maximum absolute atomic E-state index is 13.2. The van der Waals surface area contributed by atoms with Crippen molar-refractivity contribution in [3.63, 3.8) is 0 Å². The number of nitrogens with zero attached hydrogens (tertiary/aromatic N) is 1. The van der Waals surface area contributed by atoms with Crippen LogP contribution in [0.5, 0.6) is 0 Å². The Bertz CT molecular complexity index is 1290. The largest absolute Gasteiger partial charge is 0.335 e. The van der Waals surface area contributed by atoms with Gasteiger partial charge in [0.05, 0.1) is 10.7 Å². The standard InChI is InChI=1S/C24H15BrCl2N2O3/c25-17-10-9-14(11-15-5-1-2-6-19(15)26)16(12-17)13-18-22(30)28-24(32)29(23(18)31)21-8-4-3-7-20(21)27/h1-10,12-13H,11H2,(H,28,30,32)/b18-13+. The van der Waals surface area contributed by atoms with E-state index in [0.29, 0.717) is 17.0 Å². The summed E-state index contributed by atoms with van der Waals surface area (Å²) in [4.78, 5) is 39.1. The van der Waals surface area contributed by atoms with E-state index in [2.05, 4.69) is 21.2 Å². The molecule has 0 unspecified atom stereocenters. The molecule has 4 amide bonds. The van der Waals surface area contributed by atoms with E-state index in [0.717, 1.165) is 20.5 Å². The highest BCUT2D eigenvalue weighted by Gasteiger charge is 2.37. The van der Waals surface area contributed by atoms with E-state index < -0.39 is 17.8 Å². The molecule has 0 aliphatic carbocycles. The van der Waals surface area contributed by atoms with Crippen LogP contribution in [0.25, 0.3) is 6.08 Å². The van der Waals surface area contributed by atoms with Crippen molar-refractivity contribution in [2.24, 2.45) is 0 Å². The molecule has 0 bridgehead atoms. The molecule has 1 aliphatic heterocycles. The first-order chi connectivity index (χ1) is 15.3. The van der Waals surface area contributed by atoms with Crippen molar-refractivity contribution in [1.82, 2.24) is 5.32 Å². The van der Waals surface area contributed by atoms with Gasteiger partial charge in [-0.2, -0.15) is 0 Å². The van der Waals surface area contributed by atoms with Gasteiger partial charge < -0.3 is 0 Å². The van der Waals surface area contributed by atoms with Gasteiger partial charge in [-0.05, 0) is 59.5 Å². The fourth-order valence-electron chi connectivity index (χ4n) is 3.37. The third-order valence-electron chi connectivity index (χ3n) is 4.94. The topological polar surface area (TPSA) is 66.5 Å². The number of nitrogens with one attached hydrogen (secondary N) is 1. The number of carbonyl (C=O) groups is 3. The Morgan fingerprint density at radius 2 is 1.56 bits per heavy atom. The Hall–Kier alpha value is -2.93. The van der Waals surface area contributed by atoms with Gasteiger partial charge in [0.1, 0.15) is 5.57 Å². The van der Waals surface area contributed by atoms with Crippen LogP contribution in [-0.4, -0.2) is 17.8 Å². The highest BCUT2D eigenvalue weighted by atomic mass is 79.9. The lowest BCUT2D eigenvalue weighted by atomic mass is 9.97. The summed E-state index contributed by atoms with van der Waals surface area (Å²) in [7, 11) is 0. The van der Waals surface area contributed by atoms with Crippen molar-refractivity contribution in [1.29, 1.82) is 0 Å². The predicted molar refractivity (Wildman–Crippen MR) is 129 cm³/mol. The Kier molecular flexibility index (Phi) is 6.46. The van der Waals surface area contributed by atoms with Crippen LogP contribution in [0.1, 0.15) is 16.7 Å². The van der Waals surface area contributed by atoms with Crippen molar-refractivity contribution in [2.45, 2.75) is 6.42 Å².